The molecule has 0 aromatic carbocycles. The fourth-order valence-corrected chi connectivity index (χ4v) is 3.35. The number of ether oxygens (including phenoxy) is 1. The fraction of sp³-hybridized carbons (Fsp3) is 0.733. The van der Waals surface area contributed by atoms with E-state index in [1.54, 1.807) is 0 Å². The van der Waals surface area contributed by atoms with Crippen molar-refractivity contribution < 1.29 is 9.53 Å². The summed E-state index contributed by atoms with van der Waals surface area (Å²) in [5, 5.41) is 0. The Kier molecular flexibility index (Phi) is 3.78. The van der Waals surface area contributed by atoms with Gasteiger partial charge in [-0.05, 0) is 32.6 Å². The number of amides is 1. The third-order valence-corrected chi connectivity index (χ3v) is 4.64. The minimum atomic E-state index is -0.0232. The lowest BCUT2D eigenvalue weighted by Crippen LogP contribution is -2.32. The molecule has 2 aliphatic rings. The summed E-state index contributed by atoms with van der Waals surface area (Å²) in [6.45, 7) is 5.25. The van der Waals surface area contributed by atoms with Gasteiger partial charge in [0, 0.05) is 38.5 Å². The summed E-state index contributed by atoms with van der Waals surface area (Å²) < 4.78 is 8.04. The molecular formula is C15H23N3O2. The maximum absolute atomic E-state index is 12.3. The Bertz CT molecular complexity index is 477. The van der Waals surface area contributed by atoms with Gasteiger partial charge in [-0.15, -0.1) is 0 Å². The van der Waals surface area contributed by atoms with E-state index in [0.29, 0.717) is 13.0 Å². The Hall–Kier alpha value is -1.36. The van der Waals surface area contributed by atoms with Gasteiger partial charge in [0.1, 0.15) is 5.82 Å². The van der Waals surface area contributed by atoms with Crippen LogP contribution < -0.4 is 0 Å². The van der Waals surface area contributed by atoms with Crippen molar-refractivity contribution in [2.45, 2.75) is 57.7 Å². The standard InChI is InChI=1S/C15H23N3O2/c1-2-17-10-8-16-13(17)12-18-9-7-15(5-3-11-20-15)6-4-14(18)19/h8,10H,2-7,9,11-12H2,1H3/t15-/m0/s1. The zero-order valence-corrected chi connectivity index (χ0v) is 12.2. The van der Waals surface area contributed by atoms with E-state index < -0.39 is 0 Å². The first kappa shape index (κ1) is 13.6. The van der Waals surface area contributed by atoms with Crippen molar-refractivity contribution >= 4 is 5.91 Å². The number of aryl methyl sites for hydroxylation is 1. The summed E-state index contributed by atoms with van der Waals surface area (Å²) in [5.74, 6) is 1.21. The van der Waals surface area contributed by atoms with Gasteiger partial charge in [0.25, 0.3) is 0 Å². The molecule has 1 atom stereocenters. The SMILES string of the molecule is CCn1ccnc1CN1CC[C@]2(CCCO2)CCC1=O. The van der Waals surface area contributed by atoms with Crippen molar-refractivity contribution in [3.63, 3.8) is 0 Å². The van der Waals surface area contributed by atoms with Crippen LogP contribution in [0.25, 0.3) is 0 Å². The topological polar surface area (TPSA) is 47.4 Å². The molecule has 0 radical (unpaired) electrons. The highest BCUT2D eigenvalue weighted by atomic mass is 16.5. The molecule has 1 aromatic rings. The van der Waals surface area contributed by atoms with Crippen LogP contribution in [0.3, 0.4) is 0 Å². The van der Waals surface area contributed by atoms with Crippen LogP contribution in [0, 0.1) is 0 Å². The molecule has 1 spiro atoms. The van der Waals surface area contributed by atoms with Crippen LogP contribution in [0.2, 0.25) is 0 Å². The number of likely N-dealkylation sites (tertiary alicyclic amines) is 1. The third-order valence-electron chi connectivity index (χ3n) is 4.64. The van der Waals surface area contributed by atoms with Crippen LogP contribution in [0.15, 0.2) is 12.4 Å². The Morgan fingerprint density at radius 2 is 2.30 bits per heavy atom. The lowest BCUT2D eigenvalue weighted by molar-refractivity contribution is -0.131. The molecule has 0 unspecified atom stereocenters. The zero-order valence-electron chi connectivity index (χ0n) is 12.2. The lowest BCUT2D eigenvalue weighted by Gasteiger charge is -2.26. The van der Waals surface area contributed by atoms with Gasteiger partial charge in [0.15, 0.2) is 0 Å². The Balaban J connectivity index is 1.69. The van der Waals surface area contributed by atoms with E-state index in [-0.39, 0.29) is 11.5 Å². The van der Waals surface area contributed by atoms with Crippen molar-refractivity contribution in [1.82, 2.24) is 14.5 Å². The van der Waals surface area contributed by atoms with Gasteiger partial charge in [-0.2, -0.15) is 0 Å². The van der Waals surface area contributed by atoms with Crippen molar-refractivity contribution in [3.8, 4) is 0 Å². The second-order valence-electron chi connectivity index (χ2n) is 5.83. The predicted molar refractivity (Wildman–Crippen MR) is 75.1 cm³/mol. The Labute approximate surface area is 119 Å². The summed E-state index contributed by atoms with van der Waals surface area (Å²) in [4.78, 5) is 18.6. The van der Waals surface area contributed by atoms with Crippen LogP contribution in [0.5, 0.6) is 0 Å². The molecular weight excluding hydrogens is 254 g/mol. The average molecular weight is 277 g/mol. The first-order valence-electron chi connectivity index (χ1n) is 7.64. The molecule has 0 N–H and O–H groups in total. The molecule has 20 heavy (non-hydrogen) atoms. The van der Waals surface area contributed by atoms with E-state index in [2.05, 4.69) is 16.5 Å². The van der Waals surface area contributed by atoms with Crippen molar-refractivity contribution in [2.24, 2.45) is 0 Å². The minimum absolute atomic E-state index is 0.0232. The van der Waals surface area contributed by atoms with Gasteiger partial charge < -0.3 is 14.2 Å². The minimum Gasteiger partial charge on any atom is -0.375 e. The van der Waals surface area contributed by atoms with Gasteiger partial charge >= 0.3 is 0 Å². The summed E-state index contributed by atoms with van der Waals surface area (Å²) >= 11 is 0. The quantitative estimate of drug-likeness (QED) is 0.848. The van der Waals surface area contributed by atoms with E-state index in [0.717, 1.165) is 51.2 Å². The van der Waals surface area contributed by atoms with Crippen LogP contribution in [-0.4, -0.2) is 39.1 Å². The van der Waals surface area contributed by atoms with Crippen LogP contribution >= 0.6 is 0 Å². The van der Waals surface area contributed by atoms with Crippen LogP contribution in [-0.2, 0) is 22.6 Å². The summed E-state index contributed by atoms with van der Waals surface area (Å²) in [5.41, 5.74) is -0.0232. The first-order valence-corrected chi connectivity index (χ1v) is 7.64. The van der Waals surface area contributed by atoms with Crippen molar-refractivity contribution in [3.05, 3.63) is 18.2 Å². The number of carbonyl (C=O) groups excluding carboxylic acids is 1. The van der Waals surface area contributed by atoms with Crippen molar-refractivity contribution in [1.29, 1.82) is 0 Å². The highest BCUT2D eigenvalue weighted by Gasteiger charge is 2.38. The van der Waals surface area contributed by atoms with Crippen LogP contribution in [0.4, 0.5) is 0 Å². The fourth-order valence-electron chi connectivity index (χ4n) is 3.35. The maximum atomic E-state index is 12.3. The van der Waals surface area contributed by atoms with E-state index in [4.69, 9.17) is 4.74 Å². The molecule has 1 amide bonds. The molecule has 1 aromatic heterocycles. The summed E-state index contributed by atoms with van der Waals surface area (Å²) in [6, 6.07) is 0. The monoisotopic (exact) mass is 277 g/mol. The number of imidazole rings is 1. The molecule has 2 aliphatic heterocycles. The van der Waals surface area contributed by atoms with Gasteiger partial charge in [0.05, 0.1) is 12.1 Å². The molecule has 110 valence electrons. The summed E-state index contributed by atoms with van der Waals surface area (Å²) in [7, 11) is 0. The average Bonchev–Trinajstić information content (AvgIpc) is 3.07. The van der Waals surface area contributed by atoms with Crippen LogP contribution in [0.1, 0.15) is 44.9 Å². The van der Waals surface area contributed by atoms with Gasteiger partial charge in [-0.1, -0.05) is 0 Å². The smallest absolute Gasteiger partial charge is 0.223 e. The van der Waals surface area contributed by atoms with E-state index in [9.17, 15) is 4.79 Å². The zero-order chi connectivity index (χ0) is 14.0. The van der Waals surface area contributed by atoms with Gasteiger partial charge in [-0.3, -0.25) is 4.79 Å². The number of hydrogen-bond acceptors (Lipinski definition) is 3. The number of hydrogen-bond donors (Lipinski definition) is 0. The van der Waals surface area contributed by atoms with E-state index in [1.165, 1.54) is 0 Å². The molecule has 0 aliphatic carbocycles. The lowest BCUT2D eigenvalue weighted by atomic mass is 9.92. The summed E-state index contributed by atoms with van der Waals surface area (Å²) in [6.07, 6.45) is 8.47. The molecule has 0 bridgehead atoms. The molecule has 3 heterocycles. The van der Waals surface area contributed by atoms with E-state index in [1.807, 2.05) is 17.3 Å². The second kappa shape index (κ2) is 5.56. The van der Waals surface area contributed by atoms with E-state index >= 15 is 0 Å². The van der Waals surface area contributed by atoms with Gasteiger partial charge in [-0.25, -0.2) is 4.98 Å². The number of aromatic nitrogens is 2. The number of nitrogens with zero attached hydrogens (tertiary/aromatic N) is 3. The highest BCUT2D eigenvalue weighted by Crippen LogP contribution is 2.36. The largest absolute Gasteiger partial charge is 0.375 e. The maximum Gasteiger partial charge on any atom is 0.223 e. The highest BCUT2D eigenvalue weighted by molar-refractivity contribution is 5.76. The first-order chi connectivity index (χ1) is 9.72. The molecule has 0 saturated carbocycles. The van der Waals surface area contributed by atoms with Gasteiger partial charge in [0.2, 0.25) is 5.91 Å². The number of rotatable bonds is 3. The predicted octanol–water partition coefficient (Wildman–Crippen LogP) is 1.96. The molecule has 3 rings (SSSR count). The normalized spacial score (nSPS) is 27.2. The molecule has 2 saturated heterocycles. The molecule has 5 nitrogen and oxygen atoms in total. The third kappa shape index (κ3) is 2.59. The second-order valence-corrected chi connectivity index (χ2v) is 5.83. The molecule has 5 heteroatoms. The Morgan fingerprint density at radius 3 is 3.05 bits per heavy atom. The Morgan fingerprint density at radius 1 is 1.40 bits per heavy atom. The molecule has 2 fully saturated rings. The number of carbonyl (C=O) groups is 1. The van der Waals surface area contributed by atoms with Crippen molar-refractivity contribution in [2.75, 3.05) is 13.2 Å².